The van der Waals surface area contributed by atoms with Gasteiger partial charge in [0.15, 0.2) is 0 Å². The second kappa shape index (κ2) is 6.64. The van der Waals surface area contributed by atoms with E-state index in [0.29, 0.717) is 29.1 Å². The molecule has 0 radical (unpaired) electrons. The number of methoxy groups -OCH3 is 1. The highest BCUT2D eigenvalue weighted by Gasteiger charge is 2.10. The van der Waals surface area contributed by atoms with Gasteiger partial charge >= 0.3 is 0 Å². The van der Waals surface area contributed by atoms with Crippen molar-refractivity contribution in [2.75, 3.05) is 7.11 Å². The molecule has 1 aromatic heterocycles. The zero-order valence-electron chi connectivity index (χ0n) is 10.4. The van der Waals surface area contributed by atoms with Crippen LogP contribution in [0.2, 0.25) is 5.02 Å². The van der Waals surface area contributed by atoms with Crippen LogP contribution in [0.4, 0.5) is 0 Å². The first kappa shape index (κ1) is 14.0. The van der Waals surface area contributed by atoms with Gasteiger partial charge in [-0.1, -0.05) is 23.7 Å². The second-order valence-electron chi connectivity index (χ2n) is 3.82. The highest BCUT2D eigenvalue weighted by Crippen LogP contribution is 2.31. The van der Waals surface area contributed by atoms with Gasteiger partial charge in [0.2, 0.25) is 5.88 Å². The number of para-hydroxylation sites is 1. The molecule has 0 saturated carbocycles. The Morgan fingerprint density at radius 2 is 1.95 bits per heavy atom. The van der Waals surface area contributed by atoms with Gasteiger partial charge in [-0.15, -0.1) is 11.6 Å². The summed E-state index contributed by atoms with van der Waals surface area (Å²) >= 11 is 12.0. The van der Waals surface area contributed by atoms with Gasteiger partial charge in [-0.3, -0.25) is 0 Å². The third-order valence-corrected chi connectivity index (χ3v) is 3.19. The van der Waals surface area contributed by atoms with Crippen LogP contribution in [0.1, 0.15) is 11.1 Å². The molecule has 0 saturated heterocycles. The van der Waals surface area contributed by atoms with E-state index in [1.165, 1.54) is 0 Å². The molecule has 0 fully saturated rings. The molecule has 0 aliphatic carbocycles. The molecule has 100 valence electrons. The van der Waals surface area contributed by atoms with Crippen molar-refractivity contribution < 1.29 is 9.47 Å². The van der Waals surface area contributed by atoms with E-state index in [9.17, 15) is 0 Å². The number of alkyl halides is 1. The van der Waals surface area contributed by atoms with Gasteiger partial charge in [0.25, 0.3) is 0 Å². The lowest BCUT2D eigenvalue weighted by atomic mass is 10.2. The predicted molar refractivity (Wildman–Crippen MR) is 76.1 cm³/mol. The lowest BCUT2D eigenvalue weighted by molar-refractivity contribution is 0.292. The van der Waals surface area contributed by atoms with Crippen molar-refractivity contribution in [3.05, 3.63) is 52.7 Å². The van der Waals surface area contributed by atoms with Gasteiger partial charge in [-0.05, 0) is 18.2 Å². The number of rotatable bonds is 5. The van der Waals surface area contributed by atoms with Crippen LogP contribution < -0.4 is 9.47 Å². The molecule has 5 heteroatoms. The largest absolute Gasteiger partial charge is 0.487 e. The second-order valence-corrected chi connectivity index (χ2v) is 4.50. The van der Waals surface area contributed by atoms with Crippen LogP contribution in [0.25, 0.3) is 0 Å². The van der Waals surface area contributed by atoms with Crippen LogP contribution in [0.3, 0.4) is 0 Å². The fourth-order valence-corrected chi connectivity index (χ4v) is 2.15. The number of halogens is 2. The molecule has 3 nitrogen and oxygen atoms in total. The summed E-state index contributed by atoms with van der Waals surface area (Å²) in [6.07, 6.45) is 1.67. The molecule has 1 aromatic carbocycles. The van der Waals surface area contributed by atoms with Crippen molar-refractivity contribution in [1.82, 2.24) is 4.98 Å². The van der Waals surface area contributed by atoms with Gasteiger partial charge in [0.05, 0.1) is 23.6 Å². The summed E-state index contributed by atoms with van der Waals surface area (Å²) in [6.45, 7) is 0.324. The molecule has 0 N–H and O–H groups in total. The van der Waals surface area contributed by atoms with Crippen LogP contribution in [0.15, 0.2) is 36.5 Å². The summed E-state index contributed by atoms with van der Waals surface area (Å²) in [7, 11) is 1.57. The Labute approximate surface area is 122 Å². The Bertz CT molecular complexity index is 561. The molecule has 0 aliphatic heterocycles. The maximum atomic E-state index is 6.12. The minimum Gasteiger partial charge on any atom is -0.487 e. The number of nitrogens with zero attached hydrogens (tertiary/aromatic N) is 1. The van der Waals surface area contributed by atoms with E-state index in [0.717, 1.165) is 11.1 Å². The first-order valence-corrected chi connectivity index (χ1v) is 6.61. The average molecular weight is 298 g/mol. The van der Waals surface area contributed by atoms with Crippen molar-refractivity contribution in [2.45, 2.75) is 12.5 Å². The predicted octanol–water partition coefficient (Wildman–Crippen LogP) is 4.06. The molecule has 1 heterocycles. The number of aromatic nitrogens is 1. The van der Waals surface area contributed by atoms with Crippen molar-refractivity contribution in [3.63, 3.8) is 0 Å². The number of pyridine rings is 1. The lowest BCUT2D eigenvalue weighted by Crippen LogP contribution is -2.02. The molecule has 2 aromatic rings. The highest BCUT2D eigenvalue weighted by atomic mass is 35.5. The van der Waals surface area contributed by atoms with E-state index >= 15 is 0 Å². The Morgan fingerprint density at radius 3 is 2.68 bits per heavy atom. The van der Waals surface area contributed by atoms with E-state index in [4.69, 9.17) is 32.7 Å². The van der Waals surface area contributed by atoms with Crippen LogP contribution in [0, 0.1) is 0 Å². The summed E-state index contributed by atoms with van der Waals surface area (Å²) < 4.78 is 10.9. The Morgan fingerprint density at radius 1 is 1.16 bits per heavy atom. The van der Waals surface area contributed by atoms with E-state index < -0.39 is 0 Å². The zero-order chi connectivity index (χ0) is 13.7. The van der Waals surface area contributed by atoms with Gasteiger partial charge in [0.1, 0.15) is 12.4 Å². The molecular formula is C14H13Cl2NO2. The van der Waals surface area contributed by atoms with Crippen LogP contribution >= 0.6 is 23.2 Å². The maximum Gasteiger partial charge on any atom is 0.219 e. The standard InChI is InChI=1S/C14H13Cl2NO2/c1-18-14-11(5-3-7-17-14)9-19-13-10(8-15)4-2-6-12(13)16/h2-7H,8-9H2,1H3. The molecule has 0 bridgehead atoms. The summed E-state index contributed by atoms with van der Waals surface area (Å²) in [5, 5.41) is 0.543. The van der Waals surface area contributed by atoms with Crippen LogP contribution in [0.5, 0.6) is 11.6 Å². The normalized spacial score (nSPS) is 10.3. The molecular weight excluding hydrogens is 285 g/mol. The summed E-state index contributed by atoms with van der Waals surface area (Å²) in [5.74, 6) is 1.49. The van der Waals surface area contributed by atoms with Gasteiger partial charge in [-0.2, -0.15) is 0 Å². The Hall–Kier alpha value is -1.45. The Balaban J connectivity index is 2.19. The average Bonchev–Trinajstić information content (AvgIpc) is 2.46. The molecule has 0 unspecified atom stereocenters. The quantitative estimate of drug-likeness (QED) is 0.780. The first-order valence-electron chi connectivity index (χ1n) is 5.70. The number of benzene rings is 1. The zero-order valence-corrected chi connectivity index (χ0v) is 11.9. The maximum absolute atomic E-state index is 6.12. The van der Waals surface area contributed by atoms with E-state index in [1.807, 2.05) is 24.3 Å². The molecule has 2 rings (SSSR count). The third kappa shape index (κ3) is 3.31. The molecule has 0 atom stereocenters. The number of hydrogen-bond donors (Lipinski definition) is 0. The molecule has 0 aliphatic rings. The smallest absolute Gasteiger partial charge is 0.219 e. The third-order valence-electron chi connectivity index (χ3n) is 2.61. The minimum absolute atomic E-state index is 0.324. The number of hydrogen-bond acceptors (Lipinski definition) is 3. The van der Waals surface area contributed by atoms with Crippen molar-refractivity contribution in [1.29, 1.82) is 0 Å². The Kier molecular flexibility index (Phi) is 4.88. The molecule has 0 spiro atoms. The van der Waals surface area contributed by atoms with Gasteiger partial charge in [-0.25, -0.2) is 4.98 Å². The fraction of sp³-hybridized carbons (Fsp3) is 0.214. The SMILES string of the molecule is COc1ncccc1COc1c(Cl)cccc1CCl. The molecule has 0 amide bonds. The van der Waals surface area contributed by atoms with E-state index in [-0.39, 0.29) is 0 Å². The molecule has 19 heavy (non-hydrogen) atoms. The van der Waals surface area contributed by atoms with Crippen molar-refractivity contribution in [3.8, 4) is 11.6 Å². The van der Waals surface area contributed by atoms with Gasteiger partial charge < -0.3 is 9.47 Å². The minimum atomic E-state index is 0.324. The monoisotopic (exact) mass is 297 g/mol. The highest BCUT2D eigenvalue weighted by molar-refractivity contribution is 6.32. The van der Waals surface area contributed by atoms with Crippen LogP contribution in [-0.4, -0.2) is 12.1 Å². The van der Waals surface area contributed by atoms with E-state index in [2.05, 4.69) is 4.98 Å². The van der Waals surface area contributed by atoms with Crippen molar-refractivity contribution in [2.24, 2.45) is 0 Å². The summed E-state index contributed by atoms with van der Waals surface area (Å²) in [5.41, 5.74) is 1.71. The topological polar surface area (TPSA) is 31.4 Å². The summed E-state index contributed by atoms with van der Waals surface area (Å²) in [4.78, 5) is 4.11. The lowest BCUT2D eigenvalue weighted by Gasteiger charge is -2.13. The van der Waals surface area contributed by atoms with Crippen molar-refractivity contribution >= 4 is 23.2 Å². The number of ether oxygens (including phenoxy) is 2. The van der Waals surface area contributed by atoms with Crippen LogP contribution in [-0.2, 0) is 12.5 Å². The fourth-order valence-electron chi connectivity index (χ4n) is 1.69. The van der Waals surface area contributed by atoms with Gasteiger partial charge in [0, 0.05) is 11.8 Å². The summed E-state index contributed by atoms with van der Waals surface area (Å²) in [6, 6.07) is 9.22. The van der Waals surface area contributed by atoms with E-state index in [1.54, 1.807) is 19.4 Å². The first-order chi connectivity index (χ1) is 9.26.